The number of rotatable bonds is 5. The van der Waals surface area contributed by atoms with E-state index in [4.69, 9.17) is 4.74 Å². The van der Waals surface area contributed by atoms with Crippen molar-refractivity contribution in [2.24, 2.45) is 0 Å². The monoisotopic (exact) mass is 349 g/mol. The largest absolute Gasteiger partial charge is 0.496 e. The first-order valence-corrected chi connectivity index (χ1v) is 7.28. The average Bonchev–Trinajstić information content (AvgIpc) is 2.92. The third-order valence-corrected chi connectivity index (χ3v) is 3.45. The maximum absolute atomic E-state index is 11.9. The molecule has 0 atom stereocenters. The number of anilines is 1. The molecule has 0 radical (unpaired) electrons. The van der Waals surface area contributed by atoms with E-state index in [1.165, 1.54) is 6.08 Å². The molecule has 0 unspecified atom stereocenters. The first-order valence-electron chi connectivity index (χ1n) is 6.49. The minimum atomic E-state index is -0.226. The average molecular weight is 350 g/mol. The van der Waals surface area contributed by atoms with Crippen LogP contribution in [0.3, 0.4) is 0 Å². The van der Waals surface area contributed by atoms with E-state index >= 15 is 0 Å². The van der Waals surface area contributed by atoms with E-state index in [1.54, 1.807) is 19.4 Å². The van der Waals surface area contributed by atoms with Gasteiger partial charge in [0.15, 0.2) is 0 Å². The highest BCUT2D eigenvalue weighted by Crippen LogP contribution is 2.24. The topological polar surface area (TPSA) is 67.0 Å². The molecule has 0 saturated carbocycles. The summed E-state index contributed by atoms with van der Waals surface area (Å²) in [7, 11) is 1.60. The van der Waals surface area contributed by atoms with Crippen molar-refractivity contribution < 1.29 is 9.53 Å². The maximum atomic E-state index is 11.9. The summed E-state index contributed by atoms with van der Waals surface area (Å²) in [5.41, 5.74) is 1.79. The van der Waals surface area contributed by atoms with Crippen molar-refractivity contribution >= 4 is 33.7 Å². The standard InChI is InChI=1S/C15H16BrN3O2/c1-3-10-9-17-19-15(10)18-14(20)7-4-11-8-12(16)5-6-13(11)21-2/h4-9H,3H2,1-2H3,(H2,17,18,19,20)/b7-4+. The molecule has 0 saturated heterocycles. The molecule has 5 nitrogen and oxygen atoms in total. The Bertz CT molecular complexity index is 665. The van der Waals surface area contributed by atoms with Gasteiger partial charge in [-0.25, -0.2) is 0 Å². The normalized spacial score (nSPS) is 10.8. The van der Waals surface area contributed by atoms with Crippen LogP contribution in [0.2, 0.25) is 0 Å². The molecule has 0 aliphatic rings. The van der Waals surface area contributed by atoms with Crippen molar-refractivity contribution in [3.63, 3.8) is 0 Å². The zero-order valence-corrected chi connectivity index (χ0v) is 13.4. The number of benzene rings is 1. The number of H-pyrrole nitrogens is 1. The number of amides is 1. The van der Waals surface area contributed by atoms with Crippen LogP contribution in [0.1, 0.15) is 18.1 Å². The number of nitrogens with one attached hydrogen (secondary N) is 2. The van der Waals surface area contributed by atoms with Gasteiger partial charge >= 0.3 is 0 Å². The van der Waals surface area contributed by atoms with Crippen LogP contribution < -0.4 is 10.1 Å². The fourth-order valence-electron chi connectivity index (χ4n) is 1.85. The highest BCUT2D eigenvalue weighted by Gasteiger charge is 2.06. The van der Waals surface area contributed by atoms with E-state index in [0.29, 0.717) is 11.6 Å². The summed E-state index contributed by atoms with van der Waals surface area (Å²) in [5.74, 6) is 1.11. The second kappa shape index (κ2) is 7.08. The Morgan fingerprint density at radius 1 is 1.52 bits per heavy atom. The van der Waals surface area contributed by atoms with Crippen molar-refractivity contribution in [2.75, 3.05) is 12.4 Å². The zero-order chi connectivity index (χ0) is 15.2. The number of methoxy groups -OCH3 is 1. The minimum absolute atomic E-state index is 0.226. The molecule has 0 fully saturated rings. The molecule has 6 heteroatoms. The predicted molar refractivity (Wildman–Crippen MR) is 86.3 cm³/mol. The van der Waals surface area contributed by atoms with Gasteiger partial charge in [-0.2, -0.15) is 5.10 Å². The molecule has 0 bridgehead atoms. The Morgan fingerprint density at radius 3 is 3.05 bits per heavy atom. The van der Waals surface area contributed by atoms with Crippen molar-refractivity contribution in [3.8, 4) is 5.75 Å². The fourth-order valence-corrected chi connectivity index (χ4v) is 2.23. The highest BCUT2D eigenvalue weighted by molar-refractivity contribution is 9.10. The van der Waals surface area contributed by atoms with Crippen LogP contribution in [0.4, 0.5) is 5.82 Å². The molecule has 0 aliphatic carbocycles. The van der Waals surface area contributed by atoms with Crippen LogP contribution >= 0.6 is 15.9 Å². The van der Waals surface area contributed by atoms with E-state index < -0.39 is 0 Å². The first kappa shape index (κ1) is 15.3. The molecule has 2 aromatic rings. The van der Waals surface area contributed by atoms with E-state index in [2.05, 4.69) is 31.4 Å². The lowest BCUT2D eigenvalue weighted by molar-refractivity contribution is -0.111. The number of halogens is 1. The molecule has 0 aliphatic heterocycles. The highest BCUT2D eigenvalue weighted by atomic mass is 79.9. The van der Waals surface area contributed by atoms with Crippen molar-refractivity contribution in [1.29, 1.82) is 0 Å². The molecule has 2 N–H and O–H groups in total. The van der Waals surface area contributed by atoms with Gasteiger partial charge in [0.2, 0.25) is 5.91 Å². The van der Waals surface area contributed by atoms with Crippen LogP contribution in [-0.4, -0.2) is 23.2 Å². The third-order valence-electron chi connectivity index (χ3n) is 2.95. The lowest BCUT2D eigenvalue weighted by Gasteiger charge is -2.05. The van der Waals surface area contributed by atoms with Crippen LogP contribution in [-0.2, 0) is 11.2 Å². The maximum Gasteiger partial charge on any atom is 0.249 e. The number of aromatic nitrogens is 2. The third kappa shape index (κ3) is 3.95. The summed E-state index contributed by atoms with van der Waals surface area (Å²) in [6.07, 6.45) is 5.68. The lowest BCUT2D eigenvalue weighted by atomic mass is 10.2. The molecule has 1 aromatic heterocycles. The van der Waals surface area contributed by atoms with Crippen LogP contribution in [0, 0.1) is 0 Å². The summed E-state index contributed by atoms with van der Waals surface area (Å²) in [4.78, 5) is 11.9. The second-order valence-corrected chi connectivity index (χ2v) is 5.25. The summed E-state index contributed by atoms with van der Waals surface area (Å²) in [6.45, 7) is 2.00. The fraction of sp³-hybridized carbons (Fsp3) is 0.200. The van der Waals surface area contributed by atoms with Gasteiger partial charge in [0.05, 0.1) is 13.3 Å². The molecule has 1 aromatic carbocycles. The number of nitrogens with zero attached hydrogens (tertiary/aromatic N) is 1. The Balaban J connectivity index is 2.10. The molecular formula is C15H16BrN3O2. The van der Waals surface area contributed by atoms with Crippen molar-refractivity contribution in [3.05, 3.63) is 46.1 Å². The molecule has 0 spiro atoms. The van der Waals surface area contributed by atoms with Gasteiger partial charge in [-0.1, -0.05) is 22.9 Å². The van der Waals surface area contributed by atoms with Crippen molar-refractivity contribution in [1.82, 2.24) is 10.2 Å². The molecule has 2 rings (SSSR count). The van der Waals surface area contributed by atoms with Gasteiger partial charge in [-0.05, 0) is 30.7 Å². The number of aromatic amines is 1. The van der Waals surface area contributed by atoms with Gasteiger partial charge in [0.25, 0.3) is 0 Å². The molecule has 110 valence electrons. The molecule has 1 amide bonds. The van der Waals surface area contributed by atoms with Gasteiger partial charge < -0.3 is 10.1 Å². The molecule has 21 heavy (non-hydrogen) atoms. The predicted octanol–water partition coefficient (Wildman–Crippen LogP) is 3.40. The molecule has 1 heterocycles. The molecular weight excluding hydrogens is 334 g/mol. The Morgan fingerprint density at radius 2 is 2.33 bits per heavy atom. The zero-order valence-electron chi connectivity index (χ0n) is 11.8. The summed E-state index contributed by atoms with van der Waals surface area (Å²) in [6, 6.07) is 5.61. The number of ether oxygens (including phenoxy) is 1. The summed E-state index contributed by atoms with van der Waals surface area (Å²) < 4.78 is 6.18. The number of aryl methyl sites for hydroxylation is 1. The van der Waals surface area contributed by atoms with Crippen molar-refractivity contribution in [2.45, 2.75) is 13.3 Å². The minimum Gasteiger partial charge on any atom is -0.496 e. The van der Waals surface area contributed by atoms with Crippen LogP contribution in [0.25, 0.3) is 6.08 Å². The Labute approximate surface area is 131 Å². The van der Waals surface area contributed by atoms with Gasteiger partial charge in [0.1, 0.15) is 11.6 Å². The summed E-state index contributed by atoms with van der Waals surface area (Å²) in [5, 5.41) is 9.45. The second-order valence-electron chi connectivity index (χ2n) is 4.33. The quantitative estimate of drug-likeness (QED) is 0.813. The van der Waals surface area contributed by atoms with Gasteiger partial charge in [0, 0.05) is 21.7 Å². The van der Waals surface area contributed by atoms with Gasteiger partial charge in [-0.15, -0.1) is 0 Å². The van der Waals surface area contributed by atoms with Crippen LogP contribution in [0.15, 0.2) is 34.9 Å². The number of carbonyl (C=O) groups is 1. The number of hydrogen-bond acceptors (Lipinski definition) is 3. The summed E-state index contributed by atoms with van der Waals surface area (Å²) >= 11 is 3.40. The van der Waals surface area contributed by atoms with Gasteiger partial charge in [-0.3, -0.25) is 9.89 Å². The van der Waals surface area contributed by atoms with E-state index in [9.17, 15) is 4.79 Å². The van der Waals surface area contributed by atoms with E-state index in [-0.39, 0.29) is 5.91 Å². The van der Waals surface area contributed by atoms with Crippen LogP contribution in [0.5, 0.6) is 5.75 Å². The Hall–Kier alpha value is -2.08. The Kier molecular flexibility index (Phi) is 5.16. The first-order chi connectivity index (χ1) is 10.1. The number of carbonyl (C=O) groups excluding carboxylic acids is 1. The van der Waals surface area contributed by atoms with E-state index in [1.807, 2.05) is 25.1 Å². The lowest BCUT2D eigenvalue weighted by Crippen LogP contribution is -2.09. The SMILES string of the molecule is CCc1cn[nH]c1NC(=O)/C=C/c1cc(Br)ccc1OC. The van der Waals surface area contributed by atoms with E-state index in [0.717, 1.165) is 22.0 Å². The smallest absolute Gasteiger partial charge is 0.249 e. The number of hydrogen-bond donors (Lipinski definition) is 2.